The van der Waals surface area contributed by atoms with Crippen LogP contribution in [-0.2, 0) is 0 Å². The normalized spacial score (nSPS) is 13.5. The molecule has 29 heavy (non-hydrogen) atoms. The van der Waals surface area contributed by atoms with Gasteiger partial charge >= 0.3 is 12.2 Å². The molecule has 1 aromatic carbocycles. The number of nitrogens with one attached hydrogen (secondary N) is 1. The van der Waals surface area contributed by atoms with E-state index in [9.17, 15) is 31.9 Å². The van der Waals surface area contributed by atoms with Crippen molar-refractivity contribution >= 4 is 11.8 Å². The van der Waals surface area contributed by atoms with Crippen LogP contribution in [0.1, 0.15) is 13.8 Å². The molecule has 0 fully saturated rings. The molecule has 2 amide bonds. The summed E-state index contributed by atoms with van der Waals surface area (Å²) in [7, 11) is 0. The molecule has 1 aromatic heterocycles. The van der Waals surface area contributed by atoms with Crippen molar-refractivity contribution < 1.29 is 36.6 Å². The Balaban J connectivity index is 2.04. The van der Waals surface area contributed by atoms with Crippen LogP contribution in [0.2, 0.25) is 0 Å². The molecule has 7 nitrogen and oxygen atoms in total. The molecule has 0 radical (unpaired) electrons. The predicted octanol–water partition coefficient (Wildman–Crippen LogP) is 3.71. The summed E-state index contributed by atoms with van der Waals surface area (Å²) in [6.07, 6.45) is -2.91. The van der Waals surface area contributed by atoms with Crippen LogP contribution >= 0.6 is 0 Å². The predicted molar refractivity (Wildman–Crippen MR) is 91.4 cm³/mol. The number of rotatable bonds is 6. The molecule has 2 rings (SSSR count). The average molecular weight is 420 g/mol. The van der Waals surface area contributed by atoms with E-state index in [1.165, 1.54) is 6.92 Å². The molecule has 2 N–H and O–H groups in total. The first kappa shape index (κ1) is 22.3. The number of halogens is 5. The Morgan fingerprint density at radius 1 is 1.24 bits per heavy atom. The molecule has 0 aliphatic heterocycles. The molecule has 1 unspecified atom stereocenters. The summed E-state index contributed by atoms with van der Waals surface area (Å²) < 4.78 is 70.1. The molecule has 12 heteroatoms. The maximum absolute atomic E-state index is 13.6. The van der Waals surface area contributed by atoms with Crippen LogP contribution in [0.5, 0.6) is 11.6 Å². The number of anilines is 1. The maximum Gasteiger partial charge on any atom is 0.418 e. The van der Waals surface area contributed by atoms with Crippen molar-refractivity contribution in [3.8, 4) is 11.6 Å². The van der Waals surface area contributed by atoms with E-state index >= 15 is 0 Å². The third-order valence-corrected chi connectivity index (χ3v) is 3.75. The highest BCUT2D eigenvalue weighted by Gasteiger charge is 2.51. The van der Waals surface area contributed by atoms with Crippen LogP contribution in [-0.4, -0.2) is 50.9 Å². The SMILES string of the molecule is CCN(CC(C)(O)C(F)(F)F)C(=O)Nc1cnc(Oc2cc(F)ccc2F)cn1. The number of aromatic nitrogens is 2. The third kappa shape index (κ3) is 5.73. The fourth-order valence-corrected chi connectivity index (χ4v) is 2.08. The molecule has 0 spiro atoms. The van der Waals surface area contributed by atoms with Crippen molar-refractivity contribution in [1.82, 2.24) is 14.9 Å². The van der Waals surface area contributed by atoms with Gasteiger partial charge in [0, 0.05) is 12.6 Å². The number of hydrogen-bond acceptors (Lipinski definition) is 5. The Labute approximate surface area is 162 Å². The molecule has 158 valence electrons. The van der Waals surface area contributed by atoms with Crippen LogP contribution in [0, 0.1) is 11.6 Å². The zero-order valence-electron chi connectivity index (χ0n) is 15.3. The first-order valence-corrected chi connectivity index (χ1v) is 8.23. The average Bonchev–Trinajstić information content (AvgIpc) is 2.63. The zero-order valence-corrected chi connectivity index (χ0v) is 15.3. The van der Waals surface area contributed by atoms with Crippen molar-refractivity contribution in [1.29, 1.82) is 0 Å². The number of nitrogens with zero attached hydrogens (tertiary/aromatic N) is 3. The molecule has 0 aliphatic rings. The largest absolute Gasteiger partial charge is 0.434 e. The molecule has 2 aromatic rings. The van der Waals surface area contributed by atoms with Gasteiger partial charge in [-0.1, -0.05) is 0 Å². The van der Waals surface area contributed by atoms with E-state index in [-0.39, 0.29) is 18.2 Å². The van der Waals surface area contributed by atoms with Gasteiger partial charge in [0.2, 0.25) is 5.88 Å². The number of likely N-dealkylation sites (N-methyl/N-ethyl adjacent to an activating group) is 1. The highest BCUT2D eigenvalue weighted by atomic mass is 19.4. The van der Waals surface area contributed by atoms with Gasteiger partial charge in [0.05, 0.1) is 18.9 Å². The molecule has 1 atom stereocenters. The number of urea groups is 1. The van der Waals surface area contributed by atoms with Crippen LogP contribution < -0.4 is 10.1 Å². The van der Waals surface area contributed by atoms with E-state index in [0.717, 1.165) is 35.5 Å². The number of carbonyl (C=O) groups is 1. The summed E-state index contributed by atoms with van der Waals surface area (Å²) in [6.45, 7) is 0.875. The van der Waals surface area contributed by atoms with Gasteiger partial charge in [0.25, 0.3) is 0 Å². The minimum absolute atomic E-state index is 0.120. The topological polar surface area (TPSA) is 87.6 Å². The highest BCUT2D eigenvalue weighted by molar-refractivity contribution is 5.88. The van der Waals surface area contributed by atoms with E-state index in [0.29, 0.717) is 6.92 Å². The Hall–Kier alpha value is -3.02. The van der Waals surface area contributed by atoms with Gasteiger partial charge in [-0.2, -0.15) is 13.2 Å². The van der Waals surface area contributed by atoms with Crippen molar-refractivity contribution in [3.63, 3.8) is 0 Å². The smallest absolute Gasteiger partial charge is 0.418 e. The van der Waals surface area contributed by atoms with Gasteiger partial charge in [0.1, 0.15) is 5.82 Å². The van der Waals surface area contributed by atoms with Crippen LogP contribution in [0.3, 0.4) is 0 Å². The Morgan fingerprint density at radius 3 is 2.48 bits per heavy atom. The van der Waals surface area contributed by atoms with Crippen molar-refractivity contribution in [2.45, 2.75) is 25.6 Å². The molecular weight excluding hydrogens is 403 g/mol. The maximum atomic E-state index is 13.6. The second-order valence-electron chi connectivity index (χ2n) is 6.13. The van der Waals surface area contributed by atoms with Crippen LogP contribution in [0.4, 0.5) is 32.6 Å². The lowest BCUT2D eigenvalue weighted by Crippen LogP contribution is -2.53. The molecule has 1 heterocycles. The van der Waals surface area contributed by atoms with Gasteiger partial charge < -0.3 is 14.7 Å². The molecule has 0 bridgehead atoms. The van der Waals surface area contributed by atoms with E-state index in [2.05, 4.69) is 15.3 Å². The summed E-state index contributed by atoms with van der Waals surface area (Å²) in [5, 5.41) is 11.8. The van der Waals surface area contributed by atoms with E-state index in [4.69, 9.17) is 4.74 Å². The Morgan fingerprint density at radius 2 is 1.93 bits per heavy atom. The van der Waals surface area contributed by atoms with Crippen LogP contribution in [0.25, 0.3) is 0 Å². The number of carbonyl (C=O) groups excluding carboxylic acids is 1. The minimum atomic E-state index is -4.92. The van der Waals surface area contributed by atoms with Crippen LogP contribution in [0.15, 0.2) is 30.6 Å². The van der Waals surface area contributed by atoms with E-state index in [1.807, 2.05) is 0 Å². The molecular formula is C17H17F5N4O3. The fraction of sp³-hybridized carbons (Fsp3) is 0.353. The lowest BCUT2D eigenvalue weighted by molar-refractivity contribution is -0.255. The van der Waals surface area contributed by atoms with Gasteiger partial charge in [-0.25, -0.2) is 23.5 Å². The monoisotopic (exact) mass is 420 g/mol. The van der Waals surface area contributed by atoms with Crippen molar-refractivity contribution in [2.75, 3.05) is 18.4 Å². The van der Waals surface area contributed by atoms with E-state index in [1.54, 1.807) is 0 Å². The first-order chi connectivity index (χ1) is 13.4. The molecule has 0 aliphatic carbocycles. The fourth-order valence-electron chi connectivity index (χ4n) is 2.08. The lowest BCUT2D eigenvalue weighted by atomic mass is 10.1. The van der Waals surface area contributed by atoms with Gasteiger partial charge in [-0.05, 0) is 26.0 Å². The van der Waals surface area contributed by atoms with Crippen molar-refractivity contribution in [3.05, 3.63) is 42.2 Å². The summed E-state index contributed by atoms with van der Waals surface area (Å²) >= 11 is 0. The van der Waals surface area contributed by atoms with Gasteiger partial charge in [-0.15, -0.1) is 0 Å². The van der Waals surface area contributed by atoms with Gasteiger partial charge in [-0.3, -0.25) is 5.32 Å². The number of aliphatic hydroxyl groups is 1. The second kappa shape index (κ2) is 8.55. The Bertz CT molecular complexity index is 859. The number of alkyl halides is 3. The standard InChI is InChI=1S/C17H17F5N4O3/c1-3-26(9-16(2,28)17(20,21)22)15(27)25-13-7-24-14(8-23-13)29-12-6-10(18)4-5-11(12)19/h4-8,28H,3,9H2,1-2H3,(H,23,25,27). The third-order valence-electron chi connectivity index (χ3n) is 3.75. The minimum Gasteiger partial charge on any atom is -0.434 e. The molecule has 0 saturated carbocycles. The van der Waals surface area contributed by atoms with Gasteiger partial charge in [0.15, 0.2) is 23.0 Å². The summed E-state index contributed by atoms with van der Waals surface area (Å²) in [4.78, 5) is 20.4. The quantitative estimate of drug-likeness (QED) is 0.696. The second-order valence-corrected chi connectivity index (χ2v) is 6.13. The van der Waals surface area contributed by atoms with Crippen molar-refractivity contribution in [2.24, 2.45) is 0 Å². The number of amides is 2. The number of ether oxygens (including phenoxy) is 1. The van der Waals surface area contributed by atoms with E-state index < -0.39 is 41.7 Å². The Kier molecular flexibility index (Phi) is 6.57. The number of benzene rings is 1. The summed E-state index contributed by atoms with van der Waals surface area (Å²) in [5.74, 6) is -2.33. The summed E-state index contributed by atoms with van der Waals surface area (Å²) in [6, 6.07) is 1.62. The molecule has 0 saturated heterocycles. The first-order valence-electron chi connectivity index (χ1n) is 8.23. The highest BCUT2D eigenvalue weighted by Crippen LogP contribution is 2.30. The lowest BCUT2D eigenvalue weighted by Gasteiger charge is -2.32. The summed E-state index contributed by atoms with van der Waals surface area (Å²) in [5.41, 5.74) is -3.10. The number of hydrogen-bond donors (Lipinski definition) is 2. The zero-order chi connectivity index (χ0) is 21.8.